The van der Waals surface area contributed by atoms with Crippen molar-refractivity contribution in [2.24, 2.45) is 0 Å². The van der Waals surface area contributed by atoms with E-state index in [-0.39, 0.29) is 23.3 Å². The monoisotopic (exact) mass is 328 g/mol. The molecule has 0 radical (unpaired) electrons. The van der Waals surface area contributed by atoms with Crippen LogP contribution in [0, 0.1) is 0 Å². The number of benzene rings is 2. The fourth-order valence-corrected chi connectivity index (χ4v) is 3.40. The Kier molecular flexibility index (Phi) is 5.85. The van der Waals surface area contributed by atoms with Gasteiger partial charge in [-0.2, -0.15) is 0 Å². The summed E-state index contributed by atoms with van der Waals surface area (Å²) in [6.45, 7) is 2.10. The number of phenols is 2. The fraction of sp³-hybridized carbons (Fsp3) is 0.350. The molecule has 0 bridgehead atoms. The number of carboxylic acid groups (broad SMARTS) is 1. The molecule has 0 heterocycles. The topological polar surface area (TPSA) is 77.8 Å². The summed E-state index contributed by atoms with van der Waals surface area (Å²) in [5.41, 5.74) is 1.78. The number of aliphatic carboxylic acids is 1. The highest BCUT2D eigenvalue weighted by Crippen LogP contribution is 2.42. The third kappa shape index (κ3) is 4.07. The zero-order valence-electron chi connectivity index (χ0n) is 13.9. The van der Waals surface area contributed by atoms with Gasteiger partial charge in [0.2, 0.25) is 0 Å². The summed E-state index contributed by atoms with van der Waals surface area (Å²) >= 11 is 0. The van der Waals surface area contributed by atoms with Crippen LogP contribution in [-0.4, -0.2) is 21.3 Å². The highest BCUT2D eigenvalue weighted by Gasteiger charge is 2.33. The zero-order valence-corrected chi connectivity index (χ0v) is 13.9. The van der Waals surface area contributed by atoms with E-state index in [9.17, 15) is 15.0 Å². The highest BCUT2D eigenvalue weighted by molar-refractivity contribution is 5.66. The zero-order chi connectivity index (χ0) is 17.6. The van der Waals surface area contributed by atoms with Gasteiger partial charge in [-0.15, -0.1) is 0 Å². The molecule has 0 fully saturated rings. The molecule has 0 aliphatic rings. The third-order valence-electron chi connectivity index (χ3n) is 4.51. The number of phenolic OH excluding ortho intramolecular Hbond substituents is 2. The molecule has 2 aromatic rings. The van der Waals surface area contributed by atoms with Crippen molar-refractivity contribution in [2.45, 2.75) is 44.4 Å². The van der Waals surface area contributed by atoms with Crippen LogP contribution in [0.1, 0.15) is 50.2 Å². The van der Waals surface area contributed by atoms with Crippen molar-refractivity contribution in [3.63, 3.8) is 0 Å². The first-order chi connectivity index (χ1) is 11.5. The minimum atomic E-state index is -0.795. The van der Waals surface area contributed by atoms with Gasteiger partial charge >= 0.3 is 5.97 Å². The first-order valence-electron chi connectivity index (χ1n) is 8.29. The van der Waals surface area contributed by atoms with E-state index < -0.39 is 5.97 Å². The van der Waals surface area contributed by atoms with Crippen molar-refractivity contribution < 1.29 is 20.1 Å². The van der Waals surface area contributed by atoms with Crippen molar-refractivity contribution in [3.05, 3.63) is 59.7 Å². The maximum atomic E-state index is 10.9. The molecular weight excluding hydrogens is 304 g/mol. The molecule has 0 spiro atoms. The average Bonchev–Trinajstić information content (AvgIpc) is 2.55. The maximum Gasteiger partial charge on any atom is 0.303 e. The molecule has 2 aromatic carbocycles. The highest BCUT2D eigenvalue weighted by atomic mass is 16.4. The molecule has 24 heavy (non-hydrogen) atoms. The summed E-state index contributed by atoms with van der Waals surface area (Å²) in [5.74, 6) is -0.377. The third-order valence-corrected chi connectivity index (χ3v) is 4.51. The van der Waals surface area contributed by atoms with Crippen LogP contribution in [-0.2, 0) is 10.2 Å². The molecule has 4 heteroatoms. The second-order valence-corrected chi connectivity index (χ2v) is 6.17. The van der Waals surface area contributed by atoms with Crippen LogP contribution in [0.3, 0.4) is 0 Å². The molecule has 0 aliphatic carbocycles. The Bertz CT molecular complexity index is 614. The van der Waals surface area contributed by atoms with E-state index in [1.165, 1.54) is 0 Å². The second kappa shape index (κ2) is 7.86. The molecule has 0 saturated carbocycles. The van der Waals surface area contributed by atoms with Gasteiger partial charge in [0.25, 0.3) is 0 Å². The molecule has 0 atom stereocenters. The number of carbonyl (C=O) groups is 1. The molecule has 0 amide bonds. The summed E-state index contributed by atoms with van der Waals surface area (Å²) in [5, 5.41) is 28.2. The van der Waals surface area contributed by atoms with Gasteiger partial charge in [0, 0.05) is 11.8 Å². The van der Waals surface area contributed by atoms with Crippen molar-refractivity contribution in [1.82, 2.24) is 0 Å². The van der Waals surface area contributed by atoms with Crippen LogP contribution in [0.4, 0.5) is 0 Å². The summed E-state index contributed by atoms with van der Waals surface area (Å²) in [4.78, 5) is 10.9. The van der Waals surface area contributed by atoms with Gasteiger partial charge in [-0.25, -0.2) is 0 Å². The molecular formula is C20H24O4. The smallest absolute Gasteiger partial charge is 0.303 e. The van der Waals surface area contributed by atoms with E-state index in [2.05, 4.69) is 6.92 Å². The number of hydrogen-bond donors (Lipinski definition) is 3. The Morgan fingerprint density at radius 2 is 1.33 bits per heavy atom. The van der Waals surface area contributed by atoms with E-state index in [4.69, 9.17) is 5.11 Å². The Morgan fingerprint density at radius 1 is 0.875 bits per heavy atom. The van der Waals surface area contributed by atoms with Crippen molar-refractivity contribution in [1.29, 1.82) is 0 Å². The lowest BCUT2D eigenvalue weighted by Gasteiger charge is -2.35. The largest absolute Gasteiger partial charge is 0.508 e. The molecule has 0 aliphatic heterocycles. The number of carboxylic acids is 1. The van der Waals surface area contributed by atoms with Crippen LogP contribution in [0.15, 0.2) is 48.5 Å². The van der Waals surface area contributed by atoms with Crippen LogP contribution in [0.2, 0.25) is 0 Å². The van der Waals surface area contributed by atoms with Crippen molar-refractivity contribution in [3.8, 4) is 11.5 Å². The minimum Gasteiger partial charge on any atom is -0.508 e. The summed E-state index contributed by atoms with van der Waals surface area (Å²) in [6.07, 6.45) is 3.19. The van der Waals surface area contributed by atoms with E-state index in [1.54, 1.807) is 24.3 Å². The van der Waals surface area contributed by atoms with Crippen molar-refractivity contribution >= 4 is 5.97 Å². The molecule has 3 N–H and O–H groups in total. The maximum absolute atomic E-state index is 10.9. The lowest BCUT2D eigenvalue weighted by Crippen LogP contribution is -2.28. The van der Waals surface area contributed by atoms with Crippen LogP contribution < -0.4 is 0 Å². The fourth-order valence-electron chi connectivity index (χ4n) is 3.40. The first kappa shape index (κ1) is 17.9. The Balaban J connectivity index is 2.48. The lowest BCUT2D eigenvalue weighted by molar-refractivity contribution is -0.137. The van der Waals surface area contributed by atoms with Gasteiger partial charge in [0.1, 0.15) is 11.5 Å². The van der Waals surface area contributed by atoms with Gasteiger partial charge in [0.05, 0.1) is 0 Å². The first-order valence-corrected chi connectivity index (χ1v) is 8.29. The lowest BCUT2D eigenvalue weighted by atomic mass is 9.68. The molecule has 128 valence electrons. The standard InChI is InChI=1S/C20H24O4/c1-2-13-20(14-3-4-19(23)24,15-5-9-17(21)10-6-15)16-7-11-18(22)12-8-16/h5-12,21-22H,2-4,13-14H2,1H3,(H,23,24). The molecule has 4 nitrogen and oxygen atoms in total. The quantitative estimate of drug-likeness (QED) is 0.669. The van der Waals surface area contributed by atoms with Gasteiger partial charge in [-0.05, 0) is 54.7 Å². The van der Waals surface area contributed by atoms with Crippen LogP contribution in [0.5, 0.6) is 11.5 Å². The SMILES string of the molecule is CCCC(CCCC(=O)O)(c1ccc(O)cc1)c1ccc(O)cc1. The van der Waals surface area contributed by atoms with E-state index >= 15 is 0 Å². The Labute approximate surface area is 142 Å². The van der Waals surface area contributed by atoms with Crippen LogP contribution >= 0.6 is 0 Å². The van der Waals surface area contributed by atoms with Crippen LogP contribution in [0.25, 0.3) is 0 Å². The molecule has 0 unspecified atom stereocenters. The Hall–Kier alpha value is -2.49. The van der Waals surface area contributed by atoms with Gasteiger partial charge in [-0.3, -0.25) is 4.79 Å². The number of hydrogen-bond acceptors (Lipinski definition) is 3. The minimum absolute atomic E-state index is 0.127. The number of aromatic hydroxyl groups is 2. The van der Waals surface area contributed by atoms with E-state index in [1.807, 2.05) is 24.3 Å². The summed E-state index contributed by atoms with van der Waals surface area (Å²) in [7, 11) is 0. The predicted molar refractivity (Wildman–Crippen MR) is 93.4 cm³/mol. The van der Waals surface area contributed by atoms with Gasteiger partial charge in [-0.1, -0.05) is 37.6 Å². The number of rotatable bonds is 8. The summed E-state index contributed by atoms with van der Waals surface area (Å²) in [6, 6.07) is 14.3. The second-order valence-electron chi connectivity index (χ2n) is 6.17. The van der Waals surface area contributed by atoms with E-state index in [0.29, 0.717) is 12.8 Å². The summed E-state index contributed by atoms with van der Waals surface area (Å²) < 4.78 is 0. The van der Waals surface area contributed by atoms with Crippen molar-refractivity contribution in [2.75, 3.05) is 0 Å². The Morgan fingerprint density at radius 3 is 1.71 bits per heavy atom. The molecule has 0 saturated heterocycles. The van der Waals surface area contributed by atoms with Gasteiger partial charge < -0.3 is 15.3 Å². The van der Waals surface area contributed by atoms with E-state index in [0.717, 1.165) is 24.0 Å². The van der Waals surface area contributed by atoms with Gasteiger partial charge in [0.15, 0.2) is 0 Å². The molecule has 0 aromatic heterocycles. The average molecular weight is 328 g/mol. The normalized spacial score (nSPS) is 11.4. The predicted octanol–water partition coefficient (Wildman–Crippen LogP) is 4.44. The molecule has 2 rings (SSSR count).